The third-order valence-corrected chi connectivity index (χ3v) is 3.44. The van der Waals surface area contributed by atoms with Crippen LogP contribution >= 0.6 is 11.6 Å². The number of rotatable bonds is 2. The van der Waals surface area contributed by atoms with Gasteiger partial charge in [0.05, 0.1) is 5.57 Å². The molecule has 0 N–H and O–H groups in total. The number of ketones is 2. The van der Waals surface area contributed by atoms with Crippen LogP contribution in [0.2, 0.25) is 5.02 Å². The van der Waals surface area contributed by atoms with Gasteiger partial charge in [-0.25, -0.2) is 0 Å². The summed E-state index contributed by atoms with van der Waals surface area (Å²) in [5.74, 6) is 0.0674. The molecule has 0 unspecified atom stereocenters. The van der Waals surface area contributed by atoms with Crippen LogP contribution in [-0.4, -0.2) is 16.7 Å². The molecule has 4 nitrogen and oxygen atoms in total. The van der Waals surface area contributed by atoms with Crippen molar-refractivity contribution < 1.29 is 14.1 Å². The number of carbonyl (C=O) groups is 2. The van der Waals surface area contributed by atoms with Crippen molar-refractivity contribution in [3.05, 3.63) is 58.8 Å². The van der Waals surface area contributed by atoms with E-state index in [4.69, 9.17) is 16.1 Å². The Bertz CT molecular complexity index is 797. The Kier molecular flexibility index (Phi) is 3.31. The van der Waals surface area contributed by atoms with E-state index in [0.717, 1.165) is 5.56 Å². The standard InChI is InChI=1S/C16H10ClNO3/c1-9-6-15(20)12(7-14(9)19)13-8-16(21-18-13)10-2-4-11(17)5-3-10/h2-8H,1H3. The fraction of sp³-hybridized carbons (Fsp3) is 0.0625. The summed E-state index contributed by atoms with van der Waals surface area (Å²) in [4.78, 5) is 23.6. The highest BCUT2D eigenvalue weighted by molar-refractivity contribution is 6.34. The molecule has 3 rings (SSSR count). The Hall–Kier alpha value is -2.46. The molecule has 0 bridgehead atoms. The Labute approximate surface area is 125 Å². The van der Waals surface area contributed by atoms with E-state index in [-0.39, 0.29) is 17.1 Å². The van der Waals surface area contributed by atoms with Crippen LogP contribution in [-0.2, 0) is 9.59 Å². The third kappa shape index (κ3) is 2.58. The molecule has 2 aromatic rings. The van der Waals surface area contributed by atoms with Gasteiger partial charge >= 0.3 is 0 Å². The van der Waals surface area contributed by atoms with E-state index in [1.807, 2.05) is 0 Å². The number of benzene rings is 1. The van der Waals surface area contributed by atoms with Crippen molar-refractivity contribution in [3.8, 4) is 11.3 Å². The lowest BCUT2D eigenvalue weighted by Crippen LogP contribution is -2.10. The average Bonchev–Trinajstić information content (AvgIpc) is 2.93. The number of nitrogens with zero attached hydrogens (tertiary/aromatic N) is 1. The molecule has 1 aliphatic rings. The molecule has 0 aliphatic heterocycles. The SMILES string of the molecule is CC1=CC(=O)C(c2cc(-c3ccc(Cl)cc3)on2)=CC1=O. The maximum atomic E-state index is 11.9. The maximum Gasteiger partial charge on any atom is 0.188 e. The summed E-state index contributed by atoms with van der Waals surface area (Å²) >= 11 is 5.83. The summed E-state index contributed by atoms with van der Waals surface area (Å²) in [7, 11) is 0. The van der Waals surface area contributed by atoms with Gasteiger partial charge < -0.3 is 4.52 Å². The van der Waals surface area contributed by atoms with Gasteiger partial charge in [0.2, 0.25) is 0 Å². The number of aromatic nitrogens is 1. The first-order valence-corrected chi connectivity index (χ1v) is 6.64. The Morgan fingerprint density at radius 2 is 1.76 bits per heavy atom. The molecule has 0 saturated carbocycles. The molecular weight excluding hydrogens is 290 g/mol. The van der Waals surface area contributed by atoms with Gasteiger partial charge in [0.15, 0.2) is 17.3 Å². The average molecular weight is 300 g/mol. The number of hydrogen-bond acceptors (Lipinski definition) is 4. The summed E-state index contributed by atoms with van der Waals surface area (Å²) in [5, 5.41) is 4.49. The second kappa shape index (κ2) is 5.14. The van der Waals surface area contributed by atoms with E-state index < -0.39 is 0 Å². The molecule has 1 aromatic heterocycles. The van der Waals surface area contributed by atoms with Crippen molar-refractivity contribution in [2.75, 3.05) is 0 Å². The fourth-order valence-corrected chi connectivity index (χ4v) is 2.14. The van der Waals surface area contributed by atoms with Crippen molar-refractivity contribution in [1.82, 2.24) is 5.16 Å². The van der Waals surface area contributed by atoms with Crippen LogP contribution in [0.1, 0.15) is 12.6 Å². The lowest BCUT2D eigenvalue weighted by Gasteiger charge is -2.05. The summed E-state index contributed by atoms with van der Waals surface area (Å²) in [6.07, 6.45) is 2.61. The molecule has 0 fully saturated rings. The van der Waals surface area contributed by atoms with Crippen LogP contribution in [0.25, 0.3) is 16.9 Å². The Morgan fingerprint density at radius 1 is 1.05 bits per heavy atom. The largest absolute Gasteiger partial charge is 0.356 e. The second-order valence-electron chi connectivity index (χ2n) is 4.70. The van der Waals surface area contributed by atoms with Crippen molar-refractivity contribution in [3.63, 3.8) is 0 Å². The molecule has 0 amide bonds. The van der Waals surface area contributed by atoms with E-state index in [1.54, 1.807) is 37.3 Å². The molecule has 104 valence electrons. The summed E-state index contributed by atoms with van der Waals surface area (Å²) in [5.41, 5.74) is 1.81. The first kappa shape index (κ1) is 13.5. The Morgan fingerprint density at radius 3 is 2.48 bits per heavy atom. The van der Waals surface area contributed by atoms with E-state index >= 15 is 0 Å². The maximum absolute atomic E-state index is 11.9. The lowest BCUT2D eigenvalue weighted by molar-refractivity contribution is -0.114. The molecule has 0 radical (unpaired) electrons. The normalized spacial score (nSPS) is 15.0. The lowest BCUT2D eigenvalue weighted by atomic mass is 9.96. The summed E-state index contributed by atoms with van der Waals surface area (Å²) in [6.45, 7) is 1.61. The molecule has 0 atom stereocenters. The molecule has 0 saturated heterocycles. The molecule has 5 heteroatoms. The van der Waals surface area contributed by atoms with Crippen LogP contribution in [0.15, 0.2) is 52.6 Å². The highest BCUT2D eigenvalue weighted by Gasteiger charge is 2.22. The molecule has 1 heterocycles. The minimum absolute atomic E-state index is 0.194. The monoisotopic (exact) mass is 299 g/mol. The van der Waals surface area contributed by atoms with Gasteiger partial charge in [-0.15, -0.1) is 0 Å². The number of carbonyl (C=O) groups excluding carboxylic acids is 2. The predicted octanol–water partition coefficient (Wildman–Crippen LogP) is 3.48. The van der Waals surface area contributed by atoms with Gasteiger partial charge in [-0.2, -0.15) is 0 Å². The van der Waals surface area contributed by atoms with Gasteiger partial charge in [-0.05, 0) is 43.3 Å². The second-order valence-corrected chi connectivity index (χ2v) is 5.13. The third-order valence-electron chi connectivity index (χ3n) is 3.19. The number of hydrogen-bond donors (Lipinski definition) is 0. The van der Waals surface area contributed by atoms with E-state index in [1.165, 1.54) is 12.2 Å². The van der Waals surface area contributed by atoms with Crippen LogP contribution < -0.4 is 0 Å². The number of allylic oxidation sites excluding steroid dienone is 4. The van der Waals surface area contributed by atoms with E-state index in [9.17, 15) is 9.59 Å². The van der Waals surface area contributed by atoms with Gasteiger partial charge in [0.1, 0.15) is 5.69 Å². The van der Waals surface area contributed by atoms with Crippen molar-refractivity contribution in [1.29, 1.82) is 0 Å². The van der Waals surface area contributed by atoms with E-state index in [2.05, 4.69) is 5.16 Å². The van der Waals surface area contributed by atoms with Gasteiger partial charge in [-0.3, -0.25) is 9.59 Å². The zero-order valence-electron chi connectivity index (χ0n) is 11.1. The molecule has 1 aromatic carbocycles. The zero-order valence-corrected chi connectivity index (χ0v) is 11.8. The topological polar surface area (TPSA) is 60.2 Å². The highest BCUT2D eigenvalue weighted by Crippen LogP contribution is 2.27. The van der Waals surface area contributed by atoms with Gasteiger partial charge in [-0.1, -0.05) is 16.8 Å². The van der Waals surface area contributed by atoms with E-state index in [0.29, 0.717) is 22.0 Å². The van der Waals surface area contributed by atoms with Crippen LogP contribution in [0, 0.1) is 0 Å². The van der Waals surface area contributed by atoms with Crippen LogP contribution in [0.3, 0.4) is 0 Å². The minimum Gasteiger partial charge on any atom is -0.356 e. The summed E-state index contributed by atoms with van der Waals surface area (Å²) in [6, 6.07) is 8.69. The van der Waals surface area contributed by atoms with Gasteiger partial charge in [0, 0.05) is 22.2 Å². The van der Waals surface area contributed by atoms with Crippen LogP contribution in [0.4, 0.5) is 0 Å². The predicted molar refractivity (Wildman–Crippen MR) is 78.7 cm³/mol. The minimum atomic E-state index is -0.247. The Balaban J connectivity index is 1.96. The smallest absolute Gasteiger partial charge is 0.188 e. The van der Waals surface area contributed by atoms with Crippen molar-refractivity contribution >= 4 is 28.7 Å². The molecule has 0 spiro atoms. The quantitative estimate of drug-likeness (QED) is 0.797. The number of halogens is 1. The van der Waals surface area contributed by atoms with Crippen molar-refractivity contribution in [2.45, 2.75) is 6.92 Å². The fourth-order valence-electron chi connectivity index (χ4n) is 2.01. The molecular formula is C16H10ClNO3. The zero-order chi connectivity index (χ0) is 15.0. The molecule has 1 aliphatic carbocycles. The first-order chi connectivity index (χ1) is 10.0. The first-order valence-electron chi connectivity index (χ1n) is 6.26. The molecule has 21 heavy (non-hydrogen) atoms. The van der Waals surface area contributed by atoms with Gasteiger partial charge in [0.25, 0.3) is 0 Å². The summed E-state index contributed by atoms with van der Waals surface area (Å²) < 4.78 is 5.24. The van der Waals surface area contributed by atoms with Crippen molar-refractivity contribution in [2.24, 2.45) is 0 Å². The van der Waals surface area contributed by atoms with Crippen LogP contribution in [0.5, 0.6) is 0 Å². The highest BCUT2D eigenvalue weighted by atomic mass is 35.5.